The zero-order valence-corrected chi connectivity index (χ0v) is 12.9. The van der Waals surface area contributed by atoms with E-state index in [9.17, 15) is 9.90 Å². The minimum absolute atomic E-state index is 0.303. The van der Waals surface area contributed by atoms with Gasteiger partial charge in [-0.3, -0.25) is 4.79 Å². The number of hydrogen-bond donors (Lipinski definition) is 1. The van der Waals surface area contributed by atoms with Crippen LogP contribution in [0.4, 0.5) is 5.69 Å². The van der Waals surface area contributed by atoms with Gasteiger partial charge in [0, 0.05) is 29.9 Å². The number of nitrogens with zero attached hydrogens (tertiary/aromatic N) is 2. The van der Waals surface area contributed by atoms with Crippen LogP contribution in [0, 0.1) is 12.8 Å². The van der Waals surface area contributed by atoms with Gasteiger partial charge in [0.25, 0.3) is 0 Å². The van der Waals surface area contributed by atoms with Gasteiger partial charge in [0.05, 0.1) is 13.0 Å². The number of pyridine rings is 1. The van der Waals surface area contributed by atoms with Gasteiger partial charge in [0.2, 0.25) is 0 Å². The van der Waals surface area contributed by atoms with Crippen molar-refractivity contribution in [3.05, 3.63) is 30.0 Å². The fourth-order valence-corrected chi connectivity index (χ4v) is 3.15. The molecule has 0 radical (unpaired) electrons. The number of rotatable bonds is 3. The molecule has 2 aromatic rings. The lowest BCUT2D eigenvalue weighted by Crippen LogP contribution is -2.38. The number of aliphatic carboxylic acids is 1. The molecule has 1 atom stereocenters. The minimum Gasteiger partial charge on any atom is -0.494 e. The normalized spacial score (nSPS) is 18.5. The van der Waals surface area contributed by atoms with Crippen molar-refractivity contribution < 1.29 is 14.6 Å². The number of aromatic nitrogens is 1. The topological polar surface area (TPSA) is 62.7 Å². The lowest BCUT2D eigenvalue weighted by atomic mass is 9.97. The van der Waals surface area contributed by atoms with Crippen molar-refractivity contribution in [3.63, 3.8) is 0 Å². The number of benzene rings is 1. The maximum Gasteiger partial charge on any atom is 0.308 e. The Morgan fingerprint density at radius 2 is 2.27 bits per heavy atom. The first kappa shape index (κ1) is 14.6. The van der Waals surface area contributed by atoms with Crippen LogP contribution >= 0.6 is 0 Å². The van der Waals surface area contributed by atoms with Crippen LogP contribution in [-0.4, -0.2) is 36.3 Å². The summed E-state index contributed by atoms with van der Waals surface area (Å²) in [6, 6.07) is 7.89. The summed E-state index contributed by atoms with van der Waals surface area (Å²) >= 11 is 0. The Bertz CT molecular complexity index is 714. The SMILES string of the molecule is COc1cccc2c(N3CCCC(C(=O)O)C3)cc(C)nc12. The minimum atomic E-state index is -0.711. The third kappa shape index (κ3) is 2.58. The Morgan fingerprint density at radius 1 is 1.45 bits per heavy atom. The number of carbonyl (C=O) groups is 1. The summed E-state index contributed by atoms with van der Waals surface area (Å²) in [6.07, 6.45) is 1.64. The molecular formula is C17H20N2O3. The number of hydrogen-bond acceptors (Lipinski definition) is 4. The third-order valence-electron chi connectivity index (χ3n) is 4.24. The van der Waals surface area contributed by atoms with Gasteiger partial charge in [-0.05, 0) is 31.9 Å². The molecule has 1 fully saturated rings. The lowest BCUT2D eigenvalue weighted by Gasteiger charge is -2.33. The highest BCUT2D eigenvalue weighted by Gasteiger charge is 2.26. The molecule has 1 saturated heterocycles. The van der Waals surface area contributed by atoms with Crippen molar-refractivity contribution in [1.82, 2.24) is 4.98 Å². The van der Waals surface area contributed by atoms with E-state index >= 15 is 0 Å². The van der Waals surface area contributed by atoms with Crippen molar-refractivity contribution in [1.29, 1.82) is 0 Å². The average molecular weight is 300 g/mol. The van der Waals surface area contributed by atoms with E-state index in [2.05, 4.69) is 9.88 Å². The molecule has 3 rings (SSSR count). The Kier molecular flexibility index (Phi) is 3.88. The molecule has 5 nitrogen and oxygen atoms in total. The van der Waals surface area contributed by atoms with Crippen molar-refractivity contribution in [2.75, 3.05) is 25.1 Å². The van der Waals surface area contributed by atoms with Gasteiger partial charge >= 0.3 is 5.97 Å². The summed E-state index contributed by atoms with van der Waals surface area (Å²) in [5.74, 6) is -0.269. The smallest absolute Gasteiger partial charge is 0.308 e. The van der Waals surface area contributed by atoms with Gasteiger partial charge in [0.1, 0.15) is 11.3 Å². The molecule has 5 heteroatoms. The van der Waals surface area contributed by atoms with E-state index in [1.807, 2.05) is 31.2 Å². The number of anilines is 1. The highest BCUT2D eigenvalue weighted by Crippen LogP contribution is 2.34. The molecule has 0 saturated carbocycles. The predicted molar refractivity (Wildman–Crippen MR) is 85.6 cm³/mol. The molecule has 0 spiro atoms. The van der Waals surface area contributed by atoms with E-state index in [4.69, 9.17) is 4.74 Å². The number of piperidine rings is 1. The Balaban J connectivity index is 2.08. The van der Waals surface area contributed by atoms with E-state index in [0.29, 0.717) is 6.54 Å². The quantitative estimate of drug-likeness (QED) is 0.944. The highest BCUT2D eigenvalue weighted by atomic mass is 16.5. The summed E-state index contributed by atoms with van der Waals surface area (Å²) < 4.78 is 5.41. The molecule has 0 aliphatic carbocycles. The molecule has 22 heavy (non-hydrogen) atoms. The summed E-state index contributed by atoms with van der Waals surface area (Å²) in [4.78, 5) is 18.1. The maximum atomic E-state index is 11.3. The van der Waals surface area contributed by atoms with Crippen molar-refractivity contribution in [3.8, 4) is 5.75 Å². The summed E-state index contributed by atoms with van der Waals surface area (Å²) in [6.45, 7) is 3.37. The first-order valence-electron chi connectivity index (χ1n) is 7.52. The number of para-hydroxylation sites is 1. The molecule has 1 unspecified atom stereocenters. The number of carboxylic acid groups (broad SMARTS) is 1. The second-order valence-electron chi connectivity index (χ2n) is 5.76. The molecule has 1 aliphatic rings. The number of aryl methyl sites for hydroxylation is 1. The first-order valence-corrected chi connectivity index (χ1v) is 7.52. The van der Waals surface area contributed by atoms with Gasteiger partial charge < -0.3 is 14.7 Å². The van der Waals surface area contributed by atoms with E-state index in [1.54, 1.807) is 7.11 Å². The maximum absolute atomic E-state index is 11.3. The van der Waals surface area contributed by atoms with Crippen molar-refractivity contribution in [2.24, 2.45) is 5.92 Å². The van der Waals surface area contributed by atoms with Gasteiger partial charge in [0.15, 0.2) is 0 Å². The van der Waals surface area contributed by atoms with Crippen LogP contribution < -0.4 is 9.64 Å². The molecule has 1 aromatic carbocycles. The van der Waals surface area contributed by atoms with E-state index in [1.165, 1.54) is 0 Å². The zero-order valence-electron chi connectivity index (χ0n) is 12.9. The number of ether oxygens (including phenoxy) is 1. The van der Waals surface area contributed by atoms with Crippen molar-refractivity contribution >= 4 is 22.6 Å². The van der Waals surface area contributed by atoms with E-state index < -0.39 is 5.97 Å². The summed E-state index contributed by atoms with van der Waals surface area (Å²) in [7, 11) is 1.64. The van der Waals surface area contributed by atoms with E-state index in [-0.39, 0.29) is 5.92 Å². The molecule has 116 valence electrons. The molecular weight excluding hydrogens is 280 g/mol. The van der Waals surface area contributed by atoms with Gasteiger partial charge in [-0.15, -0.1) is 0 Å². The third-order valence-corrected chi connectivity index (χ3v) is 4.24. The Hall–Kier alpha value is -2.30. The van der Waals surface area contributed by atoms with Gasteiger partial charge in [-0.25, -0.2) is 4.98 Å². The largest absolute Gasteiger partial charge is 0.494 e. The average Bonchev–Trinajstić information content (AvgIpc) is 2.53. The second-order valence-corrected chi connectivity index (χ2v) is 5.76. The molecule has 1 aliphatic heterocycles. The van der Waals surface area contributed by atoms with Crippen LogP contribution in [0.15, 0.2) is 24.3 Å². The molecule has 1 aromatic heterocycles. The van der Waals surface area contributed by atoms with E-state index in [0.717, 1.165) is 47.4 Å². The molecule has 0 bridgehead atoms. The molecule has 0 amide bonds. The van der Waals surface area contributed by atoms with Crippen LogP contribution in [-0.2, 0) is 4.79 Å². The zero-order chi connectivity index (χ0) is 15.7. The monoisotopic (exact) mass is 300 g/mol. The predicted octanol–water partition coefficient (Wildman–Crippen LogP) is 2.85. The number of carboxylic acids is 1. The lowest BCUT2D eigenvalue weighted by molar-refractivity contribution is -0.141. The number of methoxy groups -OCH3 is 1. The molecule has 1 N–H and O–H groups in total. The van der Waals surface area contributed by atoms with Crippen LogP contribution in [0.2, 0.25) is 0 Å². The first-order chi connectivity index (χ1) is 10.6. The van der Waals surface area contributed by atoms with Crippen molar-refractivity contribution in [2.45, 2.75) is 19.8 Å². The summed E-state index contributed by atoms with van der Waals surface area (Å²) in [5.41, 5.74) is 2.79. The van der Waals surface area contributed by atoms with Crippen LogP contribution in [0.5, 0.6) is 5.75 Å². The second kappa shape index (κ2) is 5.83. The molecule has 2 heterocycles. The van der Waals surface area contributed by atoms with Gasteiger partial charge in [-0.2, -0.15) is 0 Å². The Labute approximate surface area is 129 Å². The highest BCUT2D eigenvalue weighted by molar-refractivity contribution is 5.95. The van der Waals surface area contributed by atoms with Crippen LogP contribution in [0.1, 0.15) is 18.5 Å². The van der Waals surface area contributed by atoms with Crippen LogP contribution in [0.25, 0.3) is 10.9 Å². The van der Waals surface area contributed by atoms with Crippen LogP contribution in [0.3, 0.4) is 0 Å². The standard InChI is InChI=1S/C17H20N2O3/c1-11-9-14(19-8-4-5-12(10-19)17(20)21)13-6-3-7-15(22-2)16(13)18-11/h3,6-7,9,12H,4-5,8,10H2,1-2H3,(H,20,21). The fourth-order valence-electron chi connectivity index (χ4n) is 3.15. The summed E-state index contributed by atoms with van der Waals surface area (Å²) in [5, 5.41) is 10.3. The van der Waals surface area contributed by atoms with Gasteiger partial charge in [-0.1, -0.05) is 12.1 Å². The number of fused-ring (bicyclic) bond motifs is 1. The fraction of sp³-hybridized carbons (Fsp3) is 0.412. The Morgan fingerprint density at radius 3 is 3.00 bits per heavy atom.